The van der Waals surface area contributed by atoms with Crippen LogP contribution in [0.3, 0.4) is 0 Å². The van der Waals surface area contributed by atoms with Crippen molar-refractivity contribution in [1.82, 2.24) is 29.7 Å². The number of amides is 2. The van der Waals surface area contributed by atoms with Crippen LogP contribution in [-0.4, -0.2) is 104 Å². The van der Waals surface area contributed by atoms with Crippen molar-refractivity contribution >= 4 is 36.3 Å². The number of carboxylic acid groups (broad SMARTS) is 2. The number of ether oxygens (including phenoxy) is 4. The van der Waals surface area contributed by atoms with Crippen molar-refractivity contribution in [1.29, 1.82) is 0 Å². The highest BCUT2D eigenvalue weighted by Gasteiger charge is 2.35. The van der Waals surface area contributed by atoms with Crippen LogP contribution < -0.4 is 10.6 Å². The molecule has 0 unspecified atom stereocenters. The average Bonchev–Trinajstić information content (AvgIpc) is 1.90. The Balaban J connectivity index is 0.000000165. The molecule has 90 heavy (non-hydrogen) atoms. The second-order valence-corrected chi connectivity index (χ2v) is 22.3. The highest BCUT2D eigenvalue weighted by Crippen LogP contribution is 2.48. The quantitative estimate of drug-likeness (QED) is 0.0658. The Hall–Kier alpha value is -11.4. The Morgan fingerprint density at radius 1 is 0.400 bits per heavy atom. The third-order valence-corrected chi connectivity index (χ3v) is 17.1. The number of alkyl carbamates (subject to hydrolysis) is 2. The Bertz CT molecular complexity index is 4240. The van der Waals surface area contributed by atoms with Gasteiger partial charge in [-0.3, -0.25) is 0 Å². The molecule has 0 fully saturated rings. The highest BCUT2D eigenvalue weighted by atomic mass is 16.6. The maximum absolute atomic E-state index is 13.2. The topological polar surface area (TPSA) is 239 Å². The molecular formula is C72H58N6O12. The van der Waals surface area contributed by atoms with E-state index < -0.39 is 48.4 Å². The van der Waals surface area contributed by atoms with Gasteiger partial charge in [-0.2, -0.15) is 0 Å². The molecule has 0 saturated heterocycles. The van der Waals surface area contributed by atoms with Gasteiger partial charge in [0.15, 0.2) is 0 Å². The van der Waals surface area contributed by atoms with E-state index in [9.17, 15) is 39.0 Å². The predicted molar refractivity (Wildman–Crippen MR) is 332 cm³/mol. The van der Waals surface area contributed by atoms with E-state index in [1.807, 2.05) is 170 Å². The smallest absolute Gasteiger partial charge is 0.419 e. The van der Waals surface area contributed by atoms with E-state index in [0.29, 0.717) is 5.69 Å². The first kappa shape index (κ1) is 57.7. The molecule has 4 N–H and O–H groups in total. The summed E-state index contributed by atoms with van der Waals surface area (Å²) in [5.74, 6) is -3.07. The number of carboxylic acids is 2. The maximum Gasteiger partial charge on any atom is 0.419 e. The van der Waals surface area contributed by atoms with E-state index >= 15 is 0 Å². The number of imidazole rings is 2. The van der Waals surface area contributed by atoms with Crippen molar-refractivity contribution in [2.24, 2.45) is 0 Å². The van der Waals surface area contributed by atoms with Gasteiger partial charge in [0.25, 0.3) is 0 Å². The van der Waals surface area contributed by atoms with Gasteiger partial charge in [-0.15, -0.1) is 0 Å². The molecule has 448 valence electrons. The Morgan fingerprint density at radius 3 is 1.03 bits per heavy atom. The van der Waals surface area contributed by atoms with Crippen LogP contribution in [0.2, 0.25) is 0 Å². The van der Waals surface area contributed by atoms with E-state index in [1.165, 1.54) is 34.2 Å². The first-order valence-electron chi connectivity index (χ1n) is 29.4. The van der Waals surface area contributed by atoms with Crippen molar-refractivity contribution in [2.45, 2.75) is 48.6 Å². The number of hydrogen-bond donors (Lipinski definition) is 4. The number of rotatable bonds is 16. The Morgan fingerprint density at radius 2 is 0.700 bits per heavy atom. The number of hydrogen-bond acceptors (Lipinski definition) is 12. The number of benzene rings is 8. The molecule has 0 aliphatic heterocycles. The van der Waals surface area contributed by atoms with Gasteiger partial charge >= 0.3 is 36.3 Å². The molecule has 8 aromatic carbocycles. The van der Waals surface area contributed by atoms with Crippen molar-refractivity contribution < 1.29 is 57.9 Å². The van der Waals surface area contributed by atoms with Crippen LogP contribution in [-0.2, 0) is 41.4 Å². The van der Waals surface area contributed by atoms with E-state index in [2.05, 4.69) is 44.9 Å². The number of aromatic nitrogens is 4. The fourth-order valence-corrected chi connectivity index (χ4v) is 12.9. The zero-order chi connectivity index (χ0) is 61.8. The molecule has 0 spiro atoms. The van der Waals surface area contributed by atoms with Gasteiger partial charge in [-0.1, -0.05) is 194 Å². The van der Waals surface area contributed by atoms with Gasteiger partial charge in [0.1, 0.15) is 51.2 Å². The van der Waals surface area contributed by atoms with Crippen LogP contribution in [0.4, 0.5) is 19.2 Å². The molecule has 2 aromatic heterocycles. The maximum atomic E-state index is 13.2. The molecule has 14 rings (SSSR count). The van der Waals surface area contributed by atoms with Crippen molar-refractivity contribution in [3.8, 4) is 44.5 Å². The third kappa shape index (κ3) is 11.4. The second kappa shape index (κ2) is 25.1. The van der Waals surface area contributed by atoms with Gasteiger partial charge in [0.05, 0.1) is 11.4 Å². The minimum Gasteiger partial charge on any atom is -0.480 e. The van der Waals surface area contributed by atoms with Crippen LogP contribution in [0.5, 0.6) is 0 Å². The second-order valence-electron chi connectivity index (χ2n) is 22.3. The summed E-state index contributed by atoms with van der Waals surface area (Å²) in [6.07, 6.45) is 1.97. The molecule has 0 saturated carbocycles. The molecule has 18 heteroatoms. The lowest BCUT2D eigenvalue weighted by atomic mass is 9.98. The van der Waals surface area contributed by atoms with E-state index in [4.69, 9.17) is 18.9 Å². The number of carbonyl (C=O) groups is 6. The monoisotopic (exact) mass is 1200 g/mol. The fourth-order valence-electron chi connectivity index (χ4n) is 12.9. The normalized spacial score (nSPS) is 13.7. The Kier molecular flexibility index (Phi) is 16.1. The first-order valence-corrected chi connectivity index (χ1v) is 29.4. The summed E-state index contributed by atoms with van der Waals surface area (Å²) >= 11 is 0. The molecule has 18 nitrogen and oxygen atoms in total. The standard InChI is InChI=1S/2C36H29N3O6/c40-34(41)33(38-35(42)44-19-31-27-13-5-1-9-23(27)24-10-2-6-14-28(24)31)17-22-18-39(21-37-22)36(43)45-20-32-29-15-7-3-11-25(29)26-12-4-8-16-30(26)32;40-34(41)33(38-35(42)44-19-31-27-13-5-1-9-23(27)24-10-2-6-14-28(24)31)17-22-18-37-21-39(22)36(43)45-20-32-29-15-7-3-11-25(29)26-12-4-8-16-30(26)32/h2*1-16,18,21,31-33H,17,19-20H2,(H,38,42)(H,40,41)/t2*33-/m00/s1. The molecular weight excluding hydrogens is 1140 g/mol. The summed E-state index contributed by atoms with van der Waals surface area (Å²) < 4.78 is 24.8. The van der Waals surface area contributed by atoms with Crippen LogP contribution >= 0.6 is 0 Å². The number of aliphatic carboxylic acids is 2. The summed E-state index contributed by atoms with van der Waals surface area (Å²) in [5, 5.41) is 24.6. The number of fused-ring (bicyclic) bond motifs is 12. The summed E-state index contributed by atoms with van der Waals surface area (Å²) in [6.45, 7) is 0.346. The van der Waals surface area contributed by atoms with Gasteiger partial charge < -0.3 is 39.8 Å². The molecule has 2 atom stereocenters. The first-order chi connectivity index (χ1) is 44.0. The van der Waals surface area contributed by atoms with Gasteiger partial charge in [0.2, 0.25) is 0 Å². The van der Waals surface area contributed by atoms with Gasteiger partial charge in [0, 0.05) is 48.9 Å². The van der Waals surface area contributed by atoms with Crippen LogP contribution in [0.15, 0.2) is 219 Å². The van der Waals surface area contributed by atoms with Crippen LogP contribution in [0.1, 0.15) is 79.6 Å². The van der Waals surface area contributed by atoms with Gasteiger partial charge in [-0.25, -0.2) is 47.9 Å². The lowest BCUT2D eigenvalue weighted by Gasteiger charge is -2.18. The minimum atomic E-state index is -1.36. The largest absolute Gasteiger partial charge is 0.480 e. The van der Waals surface area contributed by atoms with Crippen molar-refractivity contribution in [2.75, 3.05) is 26.4 Å². The van der Waals surface area contributed by atoms with Gasteiger partial charge in [-0.05, 0) is 89.0 Å². The zero-order valence-corrected chi connectivity index (χ0v) is 48.3. The third-order valence-electron chi connectivity index (χ3n) is 17.1. The predicted octanol–water partition coefficient (Wildman–Crippen LogP) is 12.4. The summed E-state index contributed by atoms with van der Waals surface area (Å²) in [4.78, 5) is 84.0. The number of nitrogens with zero attached hydrogens (tertiary/aromatic N) is 4. The van der Waals surface area contributed by atoms with Crippen LogP contribution in [0.25, 0.3) is 44.5 Å². The van der Waals surface area contributed by atoms with Crippen molar-refractivity contribution in [3.05, 3.63) is 275 Å². The van der Waals surface area contributed by atoms with Crippen LogP contribution in [0, 0.1) is 0 Å². The number of nitrogens with one attached hydrogen (secondary N) is 2. The fraction of sp³-hybridized carbons (Fsp3) is 0.167. The van der Waals surface area contributed by atoms with Crippen molar-refractivity contribution in [3.63, 3.8) is 0 Å². The molecule has 4 aliphatic rings. The van der Waals surface area contributed by atoms with E-state index in [1.54, 1.807) is 0 Å². The van der Waals surface area contributed by atoms with E-state index in [-0.39, 0.29) is 68.6 Å². The summed E-state index contributed by atoms with van der Waals surface area (Å²) in [5.41, 5.74) is 18.0. The molecule has 4 aliphatic carbocycles. The molecule has 10 aromatic rings. The Labute approximate surface area is 516 Å². The summed E-state index contributed by atoms with van der Waals surface area (Å²) in [7, 11) is 0. The number of carbonyl (C=O) groups excluding carboxylic acids is 4. The zero-order valence-electron chi connectivity index (χ0n) is 48.3. The highest BCUT2D eigenvalue weighted by molar-refractivity contribution is 5.85. The lowest BCUT2D eigenvalue weighted by molar-refractivity contribution is -0.140. The molecule has 0 bridgehead atoms. The SMILES string of the molecule is O=C(N[C@@H](Cc1cn(C(=O)OCC2c3ccccc3-c3ccccc32)cn1)C(=O)O)OCC1c2ccccc2-c2ccccc21.O=C(N[C@@H](Cc1cncn1C(=O)OCC1c2ccccc2-c2ccccc21)C(=O)O)OCC1c2ccccc2-c2ccccc21. The van der Waals surface area contributed by atoms with E-state index in [0.717, 1.165) is 89.0 Å². The molecule has 0 radical (unpaired) electrons. The summed E-state index contributed by atoms with van der Waals surface area (Å²) in [6, 6.07) is 61.3. The average molecular weight is 1200 g/mol. The molecule has 2 heterocycles. The molecule has 2 amide bonds. The minimum absolute atomic E-state index is 0.0455. The lowest BCUT2D eigenvalue weighted by Crippen LogP contribution is -2.43.